The maximum Gasteiger partial charge on any atom is 0.274 e. The summed E-state index contributed by atoms with van der Waals surface area (Å²) >= 11 is 3.19. The molecule has 1 amide bonds. The average molecular weight is 270 g/mol. The summed E-state index contributed by atoms with van der Waals surface area (Å²) in [6, 6.07) is 0. The number of hydrogen-bond acceptors (Lipinski definition) is 3. The molecule has 0 saturated carbocycles. The third-order valence-electron chi connectivity index (χ3n) is 2.48. The third kappa shape index (κ3) is 2.53. The molecule has 0 bridgehead atoms. The first-order valence-electron chi connectivity index (χ1n) is 5.04. The minimum absolute atomic E-state index is 0.00491. The van der Waals surface area contributed by atoms with Gasteiger partial charge in [-0.05, 0) is 35.2 Å². The van der Waals surface area contributed by atoms with E-state index in [2.05, 4.69) is 25.9 Å². The Morgan fingerprint density at radius 2 is 1.93 bits per heavy atom. The van der Waals surface area contributed by atoms with Crippen molar-refractivity contribution in [3.63, 3.8) is 0 Å². The van der Waals surface area contributed by atoms with Crippen molar-refractivity contribution in [1.29, 1.82) is 0 Å². The van der Waals surface area contributed by atoms with E-state index in [9.17, 15) is 4.79 Å². The second-order valence-electron chi connectivity index (χ2n) is 3.58. The largest absolute Gasteiger partial charge is 0.337 e. The molecule has 1 aliphatic heterocycles. The van der Waals surface area contributed by atoms with Crippen LogP contribution >= 0.6 is 15.9 Å². The van der Waals surface area contributed by atoms with Gasteiger partial charge in [0, 0.05) is 13.1 Å². The maximum absolute atomic E-state index is 11.9. The van der Waals surface area contributed by atoms with Gasteiger partial charge in [0.15, 0.2) is 0 Å². The van der Waals surface area contributed by atoms with Gasteiger partial charge >= 0.3 is 0 Å². The highest BCUT2D eigenvalue weighted by Gasteiger charge is 2.19. The van der Waals surface area contributed by atoms with Crippen LogP contribution in [0.2, 0.25) is 0 Å². The molecule has 0 N–H and O–H groups in total. The quantitative estimate of drug-likeness (QED) is 0.782. The molecule has 80 valence electrons. The predicted molar refractivity (Wildman–Crippen MR) is 59.5 cm³/mol. The molecular formula is C10H12BrN3O. The fraction of sp³-hybridized carbons (Fsp3) is 0.500. The zero-order valence-corrected chi connectivity index (χ0v) is 9.90. The molecule has 0 radical (unpaired) electrons. The van der Waals surface area contributed by atoms with Crippen LogP contribution in [0.15, 0.2) is 17.0 Å². The summed E-state index contributed by atoms with van der Waals surface area (Å²) in [6.45, 7) is 1.69. The lowest BCUT2D eigenvalue weighted by atomic mass is 10.1. The molecule has 1 aromatic heterocycles. The van der Waals surface area contributed by atoms with E-state index in [1.807, 2.05) is 4.90 Å². The normalized spacial score (nSPS) is 16.5. The van der Waals surface area contributed by atoms with Crippen molar-refractivity contribution < 1.29 is 4.79 Å². The van der Waals surface area contributed by atoms with Crippen molar-refractivity contribution in [2.75, 3.05) is 13.1 Å². The van der Waals surface area contributed by atoms with Crippen molar-refractivity contribution in [1.82, 2.24) is 14.9 Å². The Labute approximate surface area is 96.8 Å². The first kappa shape index (κ1) is 10.5. The standard InChI is InChI=1S/C10H12BrN3O/c11-9-7-12-8(6-13-9)10(15)14-4-2-1-3-5-14/h6-7H,1-5H2. The Morgan fingerprint density at radius 1 is 1.20 bits per heavy atom. The number of likely N-dealkylation sites (tertiary alicyclic amines) is 1. The molecule has 1 aromatic rings. The second kappa shape index (κ2) is 4.70. The minimum atomic E-state index is -0.00491. The highest BCUT2D eigenvalue weighted by Crippen LogP contribution is 2.12. The summed E-state index contributed by atoms with van der Waals surface area (Å²) < 4.78 is 0.651. The molecular weight excluding hydrogens is 258 g/mol. The lowest BCUT2D eigenvalue weighted by Crippen LogP contribution is -2.36. The van der Waals surface area contributed by atoms with Crippen molar-refractivity contribution in [2.45, 2.75) is 19.3 Å². The van der Waals surface area contributed by atoms with Gasteiger partial charge in [-0.2, -0.15) is 0 Å². The molecule has 1 fully saturated rings. The van der Waals surface area contributed by atoms with Crippen molar-refractivity contribution in [2.24, 2.45) is 0 Å². The van der Waals surface area contributed by atoms with Crippen molar-refractivity contribution in [3.8, 4) is 0 Å². The Hall–Kier alpha value is -0.970. The molecule has 4 nitrogen and oxygen atoms in total. The number of nitrogens with zero attached hydrogens (tertiary/aromatic N) is 3. The van der Waals surface area contributed by atoms with Gasteiger partial charge in [-0.15, -0.1) is 0 Å². The molecule has 0 aromatic carbocycles. The SMILES string of the molecule is O=C(c1cnc(Br)cn1)N1CCCCC1. The van der Waals surface area contributed by atoms with Gasteiger partial charge in [-0.3, -0.25) is 4.79 Å². The van der Waals surface area contributed by atoms with E-state index in [0.717, 1.165) is 25.9 Å². The number of aromatic nitrogens is 2. The fourth-order valence-electron chi connectivity index (χ4n) is 1.68. The van der Waals surface area contributed by atoms with Gasteiger partial charge in [-0.25, -0.2) is 9.97 Å². The van der Waals surface area contributed by atoms with Gasteiger partial charge in [0.2, 0.25) is 0 Å². The smallest absolute Gasteiger partial charge is 0.274 e. The fourth-order valence-corrected chi connectivity index (χ4v) is 1.89. The van der Waals surface area contributed by atoms with Crippen LogP contribution in [0.25, 0.3) is 0 Å². The molecule has 0 aliphatic carbocycles. The number of amides is 1. The van der Waals surface area contributed by atoms with Crippen LogP contribution in [-0.2, 0) is 0 Å². The van der Waals surface area contributed by atoms with E-state index < -0.39 is 0 Å². The summed E-state index contributed by atoms with van der Waals surface area (Å²) in [6.07, 6.45) is 6.47. The molecule has 0 spiro atoms. The average Bonchev–Trinajstić information content (AvgIpc) is 2.30. The monoisotopic (exact) mass is 269 g/mol. The highest BCUT2D eigenvalue weighted by molar-refractivity contribution is 9.10. The zero-order chi connectivity index (χ0) is 10.7. The number of piperidine rings is 1. The molecule has 0 unspecified atom stereocenters. The molecule has 1 saturated heterocycles. The number of halogens is 1. The van der Waals surface area contributed by atoms with Crippen LogP contribution in [0, 0.1) is 0 Å². The van der Waals surface area contributed by atoms with Crippen molar-refractivity contribution in [3.05, 3.63) is 22.7 Å². The van der Waals surface area contributed by atoms with Gasteiger partial charge < -0.3 is 4.90 Å². The van der Waals surface area contributed by atoms with E-state index >= 15 is 0 Å². The van der Waals surface area contributed by atoms with Gasteiger partial charge in [-0.1, -0.05) is 0 Å². The lowest BCUT2D eigenvalue weighted by molar-refractivity contribution is 0.0718. The van der Waals surface area contributed by atoms with Crippen LogP contribution in [0.4, 0.5) is 0 Å². The Balaban J connectivity index is 2.09. The van der Waals surface area contributed by atoms with Gasteiger partial charge in [0.25, 0.3) is 5.91 Å². The molecule has 0 atom stereocenters. The minimum Gasteiger partial charge on any atom is -0.337 e. The number of carbonyl (C=O) groups is 1. The lowest BCUT2D eigenvalue weighted by Gasteiger charge is -2.26. The summed E-state index contributed by atoms with van der Waals surface area (Å²) in [4.78, 5) is 21.8. The van der Waals surface area contributed by atoms with Crippen LogP contribution in [0.5, 0.6) is 0 Å². The predicted octanol–water partition coefficient (Wildman–Crippen LogP) is 1.87. The van der Waals surface area contributed by atoms with Crippen molar-refractivity contribution >= 4 is 21.8 Å². The number of hydrogen-bond donors (Lipinski definition) is 0. The first-order chi connectivity index (χ1) is 7.27. The number of carbonyl (C=O) groups excluding carboxylic acids is 1. The van der Waals surface area contributed by atoms with E-state index in [-0.39, 0.29) is 5.91 Å². The Morgan fingerprint density at radius 3 is 2.53 bits per heavy atom. The highest BCUT2D eigenvalue weighted by atomic mass is 79.9. The van der Waals surface area contributed by atoms with Crippen LogP contribution in [-0.4, -0.2) is 33.9 Å². The van der Waals surface area contributed by atoms with Crippen LogP contribution < -0.4 is 0 Å². The van der Waals surface area contributed by atoms with E-state index in [1.54, 1.807) is 6.20 Å². The summed E-state index contributed by atoms with van der Waals surface area (Å²) in [5.74, 6) is -0.00491. The molecule has 2 rings (SSSR count). The zero-order valence-electron chi connectivity index (χ0n) is 8.32. The Bertz CT molecular complexity index is 346. The van der Waals surface area contributed by atoms with Crippen LogP contribution in [0.1, 0.15) is 29.8 Å². The summed E-state index contributed by atoms with van der Waals surface area (Å²) in [5.41, 5.74) is 0.431. The van der Waals surface area contributed by atoms with Gasteiger partial charge in [0.05, 0.1) is 12.4 Å². The summed E-state index contributed by atoms with van der Waals surface area (Å²) in [7, 11) is 0. The third-order valence-corrected chi connectivity index (χ3v) is 2.89. The van der Waals surface area contributed by atoms with Crippen LogP contribution in [0.3, 0.4) is 0 Å². The first-order valence-corrected chi connectivity index (χ1v) is 5.83. The van der Waals surface area contributed by atoms with E-state index in [0.29, 0.717) is 10.3 Å². The molecule has 2 heterocycles. The molecule has 5 heteroatoms. The maximum atomic E-state index is 11.9. The summed E-state index contributed by atoms with van der Waals surface area (Å²) in [5, 5.41) is 0. The number of rotatable bonds is 1. The van der Waals surface area contributed by atoms with E-state index in [4.69, 9.17) is 0 Å². The topological polar surface area (TPSA) is 46.1 Å². The Kier molecular flexibility index (Phi) is 3.30. The van der Waals surface area contributed by atoms with E-state index in [1.165, 1.54) is 12.6 Å². The molecule has 1 aliphatic rings. The molecule has 15 heavy (non-hydrogen) atoms. The second-order valence-corrected chi connectivity index (χ2v) is 4.39. The van der Waals surface area contributed by atoms with Gasteiger partial charge in [0.1, 0.15) is 10.3 Å².